The monoisotopic (exact) mass is 396 g/mol. The molecule has 29 heavy (non-hydrogen) atoms. The van der Waals surface area contributed by atoms with Gasteiger partial charge in [-0.3, -0.25) is 0 Å². The first kappa shape index (κ1) is 19.1. The fraction of sp³-hybridized carbons (Fsp3) is 0.174. The number of amidine groups is 1. The number of hydrogen-bond donors (Lipinski definition) is 1. The van der Waals surface area contributed by atoms with Crippen LogP contribution in [0, 0.1) is 0 Å². The molecular formula is C23H19F3N2O. The van der Waals surface area contributed by atoms with Crippen molar-refractivity contribution in [1.29, 1.82) is 0 Å². The molecule has 1 heterocycles. The van der Waals surface area contributed by atoms with E-state index in [0.717, 1.165) is 5.56 Å². The van der Waals surface area contributed by atoms with Crippen LogP contribution in [-0.2, 0) is 12.0 Å². The third kappa shape index (κ3) is 3.24. The highest BCUT2D eigenvalue weighted by atomic mass is 19.4. The number of alkyl halides is 3. The molecule has 3 aromatic rings. The van der Waals surface area contributed by atoms with E-state index in [1.807, 2.05) is 6.07 Å². The lowest BCUT2D eigenvalue weighted by atomic mass is 9.79. The first-order chi connectivity index (χ1) is 13.8. The minimum atomic E-state index is -4.61. The number of fused-ring (bicyclic) bond motifs is 1. The fourth-order valence-corrected chi connectivity index (χ4v) is 3.76. The smallest absolute Gasteiger partial charge is 0.418 e. The summed E-state index contributed by atoms with van der Waals surface area (Å²) in [5.41, 5.74) is 6.10. The zero-order chi connectivity index (χ0) is 20.6. The Morgan fingerprint density at radius 3 is 2.34 bits per heavy atom. The van der Waals surface area contributed by atoms with E-state index in [0.29, 0.717) is 22.4 Å². The number of hydrogen-bond acceptors (Lipinski definition) is 3. The van der Waals surface area contributed by atoms with Crippen molar-refractivity contribution in [2.45, 2.75) is 18.1 Å². The van der Waals surface area contributed by atoms with Gasteiger partial charge < -0.3 is 10.5 Å². The van der Waals surface area contributed by atoms with Gasteiger partial charge in [-0.2, -0.15) is 13.2 Å². The van der Waals surface area contributed by atoms with E-state index in [2.05, 4.69) is 4.99 Å². The maximum atomic E-state index is 14.4. The second-order valence-corrected chi connectivity index (χ2v) is 7.00. The van der Waals surface area contributed by atoms with Crippen LogP contribution in [-0.4, -0.2) is 19.1 Å². The highest BCUT2D eigenvalue weighted by molar-refractivity contribution is 6.00. The van der Waals surface area contributed by atoms with Crippen molar-refractivity contribution < 1.29 is 17.9 Å². The maximum Gasteiger partial charge on any atom is 0.418 e. The van der Waals surface area contributed by atoms with E-state index < -0.39 is 11.7 Å². The van der Waals surface area contributed by atoms with Crippen molar-refractivity contribution in [3.8, 4) is 16.9 Å². The van der Waals surface area contributed by atoms with Crippen LogP contribution < -0.4 is 10.5 Å². The molecule has 0 radical (unpaired) electrons. The van der Waals surface area contributed by atoms with Crippen molar-refractivity contribution >= 4 is 5.84 Å². The second kappa shape index (κ2) is 6.95. The summed E-state index contributed by atoms with van der Waals surface area (Å²) < 4.78 is 48.5. The molecule has 0 aromatic heterocycles. The lowest BCUT2D eigenvalue weighted by Crippen LogP contribution is -2.47. The van der Waals surface area contributed by atoms with Crippen molar-refractivity contribution in [1.82, 2.24) is 0 Å². The van der Waals surface area contributed by atoms with Crippen molar-refractivity contribution in [2.24, 2.45) is 10.7 Å². The van der Waals surface area contributed by atoms with Crippen LogP contribution in [0.25, 0.3) is 11.1 Å². The molecule has 3 aromatic carbocycles. The molecule has 0 spiro atoms. The van der Waals surface area contributed by atoms with E-state index in [1.54, 1.807) is 61.7 Å². The van der Waals surface area contributed by atoms with Crippen molar-refractivity contribution in [3.63, 3.8) is 0 Å². The summed E-state index contributed by atoms with van der Waals surface area (Å²) in [6.07, 6.45) is -4.91. The summed E-state index contributed by atoms with van der Waals surface area (Å²) in [5.74, 6) is 0.531. The van der Waals surface area contributed by atoms with Gasteiger partial charge >= 0.3 is 6.18 Å². The average molecular weight is 396 g/mol. The molecule has 0 saturated carbocycles. The Hall–Kier alpha value is -3.28. The summed E-state index contributed by atoms with van der Waals surface area (Å²) in [6, 6.07) is 20.4. The Bertz CT molecular complexity index is 1090. The van der Waals surface area contributed by atoms with Gasteiger partial charge in [0, 0.05) is 12.0 Å². The Morgan fingerprint density at radius 2 is 1.62 bits per heavy atom. The number of rotatable bonds is 3. The number of aliphatic imine (C=N–C) groups is 1. The third-order valence-corrected chi connectivity index (χ3v) is 5.26. The van der Waals surface area contributed by atoms with Crippen molar-refractivity contribution in [3.05, 3.63) is 89.5 Å². The molecular weight excluding hydrogens is 377 g/mol. The minimum absolute atomic E-state index is 0.0581. The zero-order valence-corrected chi connectivity index (χ0v) is 15.7. The molecule has 1 aliphatic rings. The maximum absolute atomic E-state index is 14.4. The van der Waals surface area contributed by atoms with E-state index in [1.165, 1.54) is 12.1 Å². The molecule has 0 fully saturated rings. The van der Waals surface area contributed by atoms with Crippen LogP contribution in [0.4, 0.5) is 13.2 Å². The van der Waals surface area contributed by atoms with Crippen LogP contribution in [0.3, 0.4) is 0 Å². The lowest BCUT2D eigenvalue weighted by molar-refractivity contribution is -0.188. The summed E-state index contributed by atoms with van der Waals surface area (Å²) in [6.45, 7) is 0. The second-order valence-electron chi connectivity index (χ2n) is 7.00. The van der Waals surface area contributed by atoms with Gasteiger partial charge in [-0.1, -0.05) is 54.6 Å². The number of nitrogens with zero attached hydrogens (tertiary/aromatic N) is 1. The summed E-state index contributed by atoms with van der Waals surface area (Å²) >= 11 is 0. The molecule has 1 aliphatic heterocycles. The Balaban J connectivity index is 1.88. The van der Waals surface area contributed by atoms with E-state index in [-0.39, 0.29) is 17.8 Å². The summed E-state index contributed by atoms with van der Waals surface area (Å²) in [5, 5.41) is 0. The number of ether oxygens (including phenoxy) is 1. The third-order valence-electron chi connectivity index (χ3n) is 5.26. The van der Waals surface area contributed by atoms with E-state index in [4.69, 9.17) is 10.5 Å². The number of halogens is 3. The molecule has 0 aliphatic carbocycles. The van der Waals surface area contributed by atoms with Gasteiger partial charge in [-0.25, -0.2) is 4.99 Å². The van der Waals surface area contributed by atoms with Gasteiger partial charge in [0.2, 0.25) is 0 Å². The molecule has 0 bridgehead atoms. The highest BCUT2D eigenvalue weighted by Gasteiger charge is 2.57. The summed E-state index contributed by atoms with van der Waals surface area (Å²) in [4.78, 5) is 4.01. The van der Waals surface area contributed by atoms with Gasteiger partial charge in [0.25, 0.3) is 0 Å². The Morgan fingerprint density at radius 1 is 0.931 bits per heavy atom. The van der Waals surface area contributed by atoms with Crippen molar-refractivity contribution in [2.75, 3.05) is 7.11 Å². The highest BCUT2D eigenvalue weighted by Crippen LogP contribution is 2.48. The molecule has 6 heteroatoms. The first-order valence-electron chi connectivity index (χ1n) is 9.09. The fourth-order valence-electron chi connectivity index (χ4n) is 3.76. The Kier molecular flexibility index (Phi) is 4.57. The lowest BCUT2D eigenvalue weighted by Gasteiger charge is -2.36. The molecule has 4 rings (SSSR count). The first-order valence-corrected chi connectivity index (χ1v) is 9.09. The molecule has 148 valence electrons. The van der Waals surface area contributed by atoms with Crippen LogP contribution in [0.5, 0.6) is 5.75 Å². The molecule has 3 nitrogen and oxygen atoms in total. The van der Waals surface area contributed by atoms with E-state index in [9.17, 15) is 13.2 Å². The standard InChI is InChI=1S/C23H19F3N2O/c1-29-19-10-5-8-16(13-19)15-7-4-9-18(12-15)22(23(24,25)26)14-17-6-2-3-11-20(17)21(27)28-22/h2-13H,14H2,1H3,(H2,27,28). The van der Waals surface area contributed by atoms with E-state index >= 15 is 0 Å². The number of benzene rings is 3. The molecule has 1 unspecified atom stereocenters. The topological polar surface area (TPSA) is 47.6 Å². The van der Waals surface area contributed by atoms with Crippen LogP contribution in [0.1, 0.15) is 16.7 Å². The Labute approximate surface area is 166 Å². The van der Waals surface area contributed by atoms with Gasteiger partial charge in [0.05, 0.1) is 7.11 Å². The molecule has 1 atom stereocenters. The molecule has 2 N–H and O–H groups in total. The van der Waals surface area contributed by atoms with Crippen LogP contribution in [0.2, 0.25) is 0 Å². The van der Waals surface area contributed by atoms with Gasteiger partial charge in [-0.05, 0) is 40.5 Å². The SMILES string of the molecule is COc1cccc(-c2cccc(C3(C(F)(F)F)Cc4ccccc4C(N)=N3)c2)c1. The van der Waals surface area contributed by atoms with Crippen LogP contribution in [0.15, 0.2) is 77.8 Å². The quantitative estimate of drug-likeness (QED) is 0.671. The predicted molar refractivity (Wildman–Crippen MR) is 107 cm³/mol. The largest absolute Gasteiger partial charge is 0.497 e. The normalized spacial score (nSPS) is 18.7. The van der Waals surface area contributed by atoms with Crippen LogP contribution >= 0.6 is 0 Å². The summed E-state index contributed by atoms with van der Waals surface area (Å²) in [7, 11) is 1.55. The average Bonchev–Trinajstić information content (AvgIpc) is 2.73. The van der Waals surface area contributed by atoms with Gasteiger partial charge in [0.1, 0.15) is 11.6 Å². The number of nitrogens with two attached hydrogens (primary N) is 1. The zero-order valence-electron chi connectivity index (χ0n) is 15.7. The number of methoxy groups -OCH3 is 1. The van der Waals surface area contributed by atoms with Gasteiger partial charge in [-0.15, -0.1) is 0 Å². The molecule has 0 saturated heterocycles. The molecule has 0 amide bonds. The minimum Gasteiger partial charge on any atom is -0.497 e. The predicted octanol–water partition coefficient (Wildman–Crippen LogP) is 5.08. The van der Waals surface area contributed by atoms with Gasteiger partial charge in [0.15, 0.2) is 5.54 Å².